The standard InChI is InChI=1S/C10H17N3O/c1-9-7-12-8-13-10(9)14-6-4-2-3-5-11/h7-8H,2-6,11H2,1H3. The summed E-state index contributed by atoms with van der Waals surface area (Å²) in [4.78, 5) is 7.93. The van der Waals surface area contributed by atoms with Gasteiger partial charge in [0.15, 0.2) is 0 Å². The number of nitrogens with two attached hydrogens (primary N) is 1. The zero-order valence-corrected chi connectivity index (χ0v) is 8.57. The molecule has 14 heavy (non-hydrogen) atoms. The van der Waals surface area contributed by atoms with Crippen LogP contribution in [0.15, 0.2) is 12.5 Å². The van der Waals surface area contributed by atoms with Crippen molar-refractivity contribution in [1.82, 2.24) is 9.97 Å². The van der Waals surface area contributed by atoms with Crippen LogP contribution in [0.1, 0.15) is 24.8 Å². The molecule has 4 nitrogen and oxygen atoms in total. The number of aromatic nitrogens is 2. The number of ether oxygens (including phenoxy) is 1. The normalized spacial score (nSPS) is 10.1. The maximum Gasteiger partial charge on any atom is 0.219 e. The second-order valence-corrected chi connectivity index (χ2v) is 3.21. The number of rotatable bonds is 6. The SMILES string of the molecule is Cc1cncnc1OCCCCCN. The van der Waals surface area contributed by atoms with E-state index in [4.69, 9.17) is 10.5 Å². The lowest BCUT2D eigenvalue weighted by molar-refractivity contribution is 0.291. The van der Waals surface area contributed by atoms with Crippen molar-refractivity contribution < 1.29 is 4.74 Å². The van der Waals surface area contributed by atoms with Crippen LogP contribution in [0.3, 0.4) is 0 Å². The second-order valence-electron chi connectivity index (χ2n) is 3.21. The summed E-state index contributed by atoms with van der Waals surface area (Å²) in [7, 11) is 0. The highest BCUT2D eigenvalue weighted by molar-refractivity contribution is 5.19. The Balaban J connectivity index is 2.21. The van der Waals surface area contributed by atoms with E-state index < -0.39 is 0 Å². The van der Waals surface area contributed by atoms with Gasteiger partial charge in [-0.15, -0.1) is 0 Å². The molecule has 0 aliphatic carbocycles. The van der Waals surface area contributed by atoms with Crippen LogP contribution in [-0.4, -0.2) is 23.1 Å². The van der Waals surface area contributed by atoms with Crippen molar-refractivity contribution >= 4 is 0 Å². The van der Waals surface area contributed by atoms with Gasteiger partial charge >= 0.3 is 0 Å². The van der Waals surface area contributed by atoms with E-state index in [9.17, 15) is 0 Å². The summed E-state index contributed by atoms with van der Waals surface area (Å²) in [6.45, 7) is 3.40. The molecular weight excluding hydrogens is 178 g/mol. The van der Waals surface area contributed by atoms with Crippen molar-refractivity contribution in [1.29, 1.82) is 0 Å². The molecule has 0 bridgehead atoms. The van der Waals surface area contributed by atoms with E-state index in [0.717, 1.165) is 31.4 Å². The first-order valence-electron chi connectivity index (χ1n) is 4.94. The number of unbranched alkanes of at least 4 members (excludes halogenated alkanes) is 2. The highest BCUT2D eigenvalue weighted by Crippen LogP contribution is 2.11. The Morgan fingerprint density at radius 1 is 1.36 bits per heavy atom. The lowest BCUT2D eigenvalue weighted by atomic mass is 10.2. The fraction of sp³-hybridized carbons (Fsp3) is 0.600. The zero-order valence-electron chi connectivity index (χ0n) is 8.57. The second kappa shape index (κ2) is 6.32. The molecule has 1 heterocycles. The summed E-state index contributed by atoms with van der Waals surface area (Å²) in [5, 5.41) is 0. The van der Waals surface area contributed by atoms with Crippen LogP contribution in [0.5, 0.6) is 5.88 Å². The van der Waals surface area contributed by atoms with Crippen molar-refractivity contribution in [2.75, 3.05) is 13.2 Å². The average molecular weight is 195 g/mol. The first kappa shape index (κ1) is 10.9. The van der Waals surface area contributed by atoms with Crippen molar-refractivity contribution in [3.05, 3.63) is 18.1 Å². The molecule has 0 aliphatic heterocycles. The number of hydrogen-bond acceptors (Lipinski definition) is 4. The molecule has 0 unspecified atom stereocenters. The van der Waals surface area contributed by atoms with Crippen LogP contribution < -0.4 is 10.5 Å². The molecule has 4 heteroatoms. The summed E-state index contributed by atoms with van der Waals surface area (Å²) in [5.41, 5.74) is 6.36. The number of aryl methyl sites for hydroxylation is 1. The minimum Gasteiger partial charge on any atom is -0.477 e. The highest BCUT2D eigenvalue weighted by atomic mass is 16.5. The average Bonchev–Trinajstić information content (AvgIpc) is 2.20. The molecular formula is C10H17N3O. The van der Waals surface area contributed by atoms with Crippen LogP contribution >= 0.6 is 0 Å². The van der Waals surface area contributed by atoms with Gasteiger partial charge in [0.05, 0.1) is 6.61 Å². The maximum absolute atomic E-state index is 5.49. The number of hydrogen-bond donors (Lipinski definition) is 1. The monoisotopic (exact) mass is 195 g/mol. The lowest BCUT2D eigenvalue weighted by Gasteiger charge is -2.06. The van der Waals surface area contributed by atoms with E-state index in [1.54, 1.807) is 6.20 Å². The van der Waals surface area contributed by atoms with Gasteiger partial charge in [-0.05, 0) is 32.7 Å². The molecule has 0 fully saturated rings. The molecule has 1 aromatic heterocycles. The van der Waals surface area contributed by atoms with Gasteiger partial charge in [0.25, 0.3) is 0 Å². The van der Waals surface area contributed by atoms with Gasteiger partial charge < -0.3 is 10.5 Å². The maximum atomic E-state index is 5.49. The van der Waals surface area contributed by atoms with Crippen molar-refractivity contribution in [3.8, 4) is 5.88 Å². The molecule has 0 saturated heterocycles. The molecule has 0 spiro atoms. The van der Waals surface area contributed by atoms with Crippen LogP contribution in [0.25, 0.3) is 0 Å². The molecule has 0 radical (unpaired) electrons. The Morgan fingerprint density at radius 2 is 2.21 bits per heavy atom. The summed E-state index contributed by atoms with van der Waals surface area (Å²) < 4.78 is 5.49. The third kappa shape index (κ3) is 3.70. The highest BCUT2D eigenvalue weighted by Gasteiger charge is 1.98. The van der Waals surface area contributed by atoms with E-state index in [2.05, 4.69) is 9.97 Å². The van der Waals surface area contributed by atoms with Crippen LogP contribution in [0.4, 0.5) is 0 Å². The topological polar surface area (TPSA) is 61.0 Å². The minimum absolute atomic E-state index is 0.688. The predicted octanol–water partition coefficient (Wildman–Crippen LogP) is 1.29. The van der Waals surface area contributed by atoms with E-state index >= 15 is 0 Å². The fourth-order valence-electron chi connectivity index (χ4n) is 1.13. The van der Waals surface area contributed by atoms with Crippen molar-refractivity contribution in [3.63, 3.8) is 0 Å². The molecule has 78 valence electrons. The summed E-state index contributed by atoms with van der Waals surface area (Å²) >= 11 is 0. The van der Waals surface area contributed by atoms with Gasteiger partial charge in [-0.3, -0.25) is 0 Å². The Bertz CT molecular complexity index is 265. The first-order chi connectivity index (χ1) is 6.84. The van der Waals surface area contributed by atoms with Gasteiger partial charge in [0.1, 0.15) is 6.33 Å². The molecule has 0 atom stereocenters. The summed E-state index contributed by atoms with van der Waals surface area (Å²) in [5.74, 6) is 0.688. The van der Waals surface area contributed by atoms with E-state index in [1.807, 2.05) is 6.92 Å². The summed E-state index contributed by atoms with van der Waals surface area (Å²) in [6, 6.07) is 0. The van der Waals surface area contributed by atoms with E-state index in [1.165, 1.54) is 6.33 Å². The minimum atomic E-state index is 0.688. The Hall–Kier alpha value is -1.16. The number of nitrogens with zero attached hydrogens (tertiary/aromatic N) is 2. The predicted molar refractivity (Wildman–Crippen MR) is 55.2 cm³/mol. The van der Waals surface area contributed by atoms with Gasteiger partial charge in [0.2, 0.25) is 5.88 Å². The Labute approximate surface area is 84.5 Å². The van der Waals surface area contributed by atoms with Crippen LogP contribution in [0.2, 0.25) is 0 Å². The zero-order chi connectivity index (χ0) is 10.2. The smallest absolute Gasteiger partial charge is 0.219 e. The van der Waals surface area contributed by atoms with Crippen LogP contribution in [0, 0.1) is 6.92 Å². The van der Waals surface area contributed by atoms with Gasteiger partial charge in [-0.25, -0.2) is 9.97 Å². The molecule has 1 rings (SSSR count). The Kier molecular flexibility index (Phi) is 4.93. The third-order valence-corrected chi connectivity index (χ3v) is 1.93. The molecule has 0 saturated carbocycles. The first-order valence-corrected chi connectivity index (χ1v) is 4.94. The quantitative estimate of drug-likeness (QED) is 0.695. The molecule has 1 aromatic rings. The fourth-order valence-corrected chi connectivity index (χ4v) is 1.13. The van der Waals surface area contributed by atoms with Gasteiger partial charge in [-0.1, -0.05) is 0 Å². The van der Waals surface area contributed by atoms with Crippen molar-refractivity contribution in [2.24, 2.45) is 5.73 Å². The molecule has 0 aliphatic rings. The van der Waals surface area contributed by atoms with Gasteiger partial charge in [0, 0.05) is 11.8 Å². The Morgan fingerprint density at radius 3 is 2.93 bits per heavy atom. The van der Waals surface area contributed by atoms with E-state index in [-0.39, 0.29) is 0 Å². The van der Waals surface area contributed by atoms with Crippen LogP contribution in [-0.2, 0) is 0 Å². The molecule has 2 N–H and O–H groups in total. The molecule has 0 aromatic carbocycles. The largest absolute Gasteiger partial charge is 0.477 e. The van der Waals surface area contributed by atoms with Crippen molar-refractivity contribution in [2.45, 2.75) is 26.2 Å². The summed E-state index contributed by atoms with van der Waals surface area (Å²) in [6.07, 6.45) is 6.46. The van der Waals surface area contributed by atoms with Gasteiger partial charge in [-0.2, -0.15) is 0 Å². The van der Waals surface area contributed by atoms with E-state index in [0.29, 0.717) is 12.5 Å². The third-order valence-electron chi connectivity index (χ3n) is 1.93. The molecule has 0 amide bonds. The lowest BCUT2D eigenvalue weighted by Crippen LogP contribution is -2.03.